The van der Waals surface area contributed by atoms with Gasteiger partial charge < -0.3 is 14.8 Å². The van der Waals surface area contributed by atoms with Crippen LogP contribution < -0.4 is 4.89 Å². The van der Waals surface area contributed by atoms with E-state index in [9.17, 15) is 13.2 Å². The summed E-state index contributed by atoms with van der Waals surface area (Å²) >= 11 is 1.03. The van der Waals surface area contributed by atoms with Crippen LogP contribution in [0.15, 0.2) is 16.3 Å². The van der Waals surface area contributed by atoms with Crippen LogP contribution in [0.3, 0.4) is 0 Å². The lowest BCUT2D eigenvalue weighted by Crippen LogP contribution is -2.40. The molecule has 0 aromatic carbocycles. The summed E-state index contributed by atoms with van der Waals surface area (Å²) in [7, 11) is -3.92. The number of thiophene rings is 1. The second kappa shape index (κ2) is 5.33. The number of hydrogen-bond donors (Lipinski definition) is 2. The van der Waals surface area contributed by atoms with E-state index in [2.05, 4.69) is 0 Å². The molecule has 1 amide bonds. The Balaban J connectivity index is 2.17. The summed E-state index contributed by atoms with van der Waals surface area (Å²) in [4.78, 5) is 15.1. The van der Waals surface area contributed by atoms with Crippen molar-refractivity contribution in [1.82, 2.24) is 9.79 Å². The molecule has 9 heteroatoms. The summed E-state index contributed by atoms with van der Waals surface area (Å²) in [5.74, 6) is -0.220. The van der Waals surface area contributed by atoms with Gasteiger partial charge >= 0.3 is 0 Å². The molecule has 2 heterocycles. The van der Waals surface area contributed by atoms with Crippen molar-refractivity contribution in [3.8, 4) is 0 Å². The predicted molar refractivity (Wildman–Crippen MR) is 63.1 cm³/mol. The number of rotatable bonds is 3. The first-order chi connectivity index (χ1) is 8.54. The number of carbonyl (C=O) groups is 1. The predicted octanol–water partition coefficient (Wildman–Crippen LogP) is -0.112. The van der Waals surface area contributed by atoms with E-state index < -0.39 is 10.0 Å². The normalized spacial score (nSPS) is 16.8. The Morgan fingerprint density at radius 1 is 1.44 bits per heavy atom. The molecule has 100 valence electrons. The van der Waals surface area contributed by atoms with Crippen LogP contribution in [-0.2, 0) is 14.8 Å². The van der Waals surface area contributed by atoms with Crippen LogP contribution in [0, 0.1) is 0 Å². The zero-order valence-corrected chi connectivity index (χ0v) is 11.0. The number of nitrogens with zero attached hydrogens (tertiary/aromatic N) is 1. The maximum absolute atomic E-state index is 12.0. The molecule has 18 heavy (non-hydrogen) atoms. The first kappa shape index (κ1) is 13.4. The lowest BCUT2D eigenvalue weighted by atomic mass is 10.3. The minimum Gasteiger partial charge on any atom is -0.378 e. The standard InChI is InChI=1S/C9H12N2O5S2/c12-9(11-1-3-16-4-2-11)8-5-7(6-17-8)18(14,15)10-13/h5-6,10,13H,1-4H2. The van der Waals surface area contributed by atoms with E-state index in [1.165, 1.54) is 16.3 Å². The quantitative estimate of drug-likeness (QED) is 0.758. The molecule has 0 bridgehead atoms. The van der Waals surface area contributed by atoms with Crippen molar-refractivity contribution >= 4 is 27.3 Å². The topological polar surface area (TPSA) is 95.9 Å². The minimum absolute atomic E-state index is 0.119. The van der Waals surface area contributed by atoms with Gasteiger partial charge in [0.2, 0.25) is 0 Å². The summed E-state index contributed by atoms with van der Waals surface area (Å²) in [6.45, 7) is 1.97. The van der Waals surface area contributed by atoms with E-state index in [1.807, 2.05) is 0 Å². The highest BCUT2D eigenvalue weighted by Crippen LogP contribution is 2.20. The average Bonchev–Trinajstić information content (AvgIpc) is 2.89. The van der Waals surface area contributed by atoms with Gasteiger partial charge in [-0.15, -0.1) is 11.3 Å². The van der Waals surface area contributed by atoms with Crippen LogP contribution in [0.4, 0.5) is 0 Å². The summed E-state index contributed by atoms with van der Waals surface area (Å²) in [5.41, 5.74) is 0. The molecule has 0 atom stereocenters. The molecular formula is C9H12N2O5S2. The smallest absolute Gasteiger partial charge is 0.264 e. The lowest BCUT2D eigenvalue weighted by Gasteiger charge is -2.26. The molecule has 0 saturated carbocycles. The maximum Gasteiger partial charge on any atom is 0.264 e. The van der Waals surface area contributed by atoms with E-state index in [0.29, 0.717) is 31.2 Å². The molecule has 2 N–H and O–H groups in total. The van der Waals surface area contributed by atoms with E-state index in [1.54, 1.807) is 4.90 Å². The Kier molecular flexibility index (Phi) is 3.97. The third-order valence-corrected chi connectivity index (χ3v) is 4.68. The van der Waals surface area contributed by atoms with Crippen molar-refractivity contribution in [1.29, 1.82) is 0 Å². The number of ether oxygens (including phenoxy) is 1. The van der Waals surface area contributed by atoms with Crippen molar-refractivity contribution in [3.05, 3.63) is 16.3 Å². The van der Waals surface area contributed by atoms with Gasteiger partial charge in [0.1, 0.15) is 0 Å². The third kappa shape index (κ3) is 2.70. The molecule has 1 aromatic rings. The fourth-order valence-electron chi connectivity index (χ4n) is 1.55. The number of sulfonamides is 1. The monoisotopic (exact) mass is 292 g/mol. The Hall–Kier alpha value is -1.00. The van der Waals surface area contributed by atoms with Gasteiger partial charge in [-0.25, -0.2) is 8.42 Å². The van der Waals surface area contributed by atoms with Crippen LogP contribution in [0.1, 0.15) is 9.67 Å². The number of nitrogens with one attached hydrogen (secondary N) is 1. The van der Waals surface area contributed by atoms with Gasteiger partial charge in [0, 0.05) is 18.5 Å². The third-order valence-electron chi connectivity index (χ3n) is 2.51. The van der Waals surface area contributed by atoms with E-state index in [0.717, 1.165) is 11.3 Å². The molecule has 2 rings (SSSR count). The Labute approximate surface area is 108 Å². The Morgan fingerprint density at radius 3 is 2.72 bits per heavy atom. The zero-order valence-electron chi connectivity index (χ0n) is 9.33. The molecule has 1 aromatic heterocycles. The minimum atomic E-state index is -3.92. The molecule has 1 aliphatic heterocycles. The molecule has 0 aliphatic carbocycles. The van der Waals surface area contributed by atoms with E-state index >= 15 is 0 Å². The zero-order chi connectivity index (χ0) is 13.2. The lowest BCUT2D eigenvalue weighted by molar-refractivity contribution is 0.0306. The summed E-state index contributed by atoms with van der Waals surface area (Å²) in [6, 6.07) is 1.25. The first-order valence-electron chi connectivity index (χ1n) is 5.16. The molecule has 7 nitrogen and oxygen atoms in total. The first-order valence-corrected chi connectivity index (χ1v) is 7.52. The Bertz CT molecular complexity index is 533. The highest BCUT2D eigenvalue weighted by atomic mass is 32.2. The SMILES string of the molecule is O=C(c1cc(S(=O)(=O)NO)cs1)N1CCOCC1. The second-order valence-electron chi connectivity index (χ2n) is 3.65. The van der Waals surface area contributed by atoms with Gasteiger partial charge in [-0.1, -0.05) is 4.89 Å². The largest absolute Gasteiger partial charge is 0.378 e. The van der Waals surface area contributed by atoms with Crippen LogP contribution in [0.5, 0.6) is 0 Å². The maximum atomic E-state index is 12.0. The number of hydrogen-bond acceptors (Lipinski definition) is 6. The molecular weight excluding hydrogens is 280 g/mol. The molecule has 0 spiro atoms. The van der Waals surface area contributed by atoms with Crippen LogP contribution in [0.2, 0.25) is 0 Å². The fourth-order valence-corrected chi connectivity index (χ4v) is 3.39. The molecule has 1 aliphatic rings. The van der Waals surface area contributed by atoms with Crippen molar-refractivity contribution < 1.29 is 23.2 Å². The fraction of sp³-hybridized carbons (Fsp3) is 0.444. The highest BCUT2D eigenvalue weighted by molar-refractivity contribution is 7.89. The second-order valence-corrected chi connectivity index (χ2v) is 6.22. The molecule has 1 fully saturated rings. The highest BCUT2D eigenvalue weighted by Gasteiger charge is 2.22. The van der Waals surface area contributed by atoms with Gasteiger partial charge in [0.15, 0.2) is 0 Å². The Morgan fingerprint density at radius 2 is 2.11 bits per heavy atom. The summed E-state index contributed by atoms with van der Waals surface area (Å²) in [5, 5.41) is 9.81. The van der Waals surface area contributed by atoms with Crippen molar-refractivity contribution in [3.63, 3.8) is 0 Å². The van der Waals surface area contributed by atoms with E-state index in [-0.39, 0.29) is 10.8 Å². The van der Waals surface area contributed by atoms with Crippen LogP contribution >= 0.6 is 11.3 Å². The van der Waals surface area contributed by atoms with Crippen molar-refractivity contribution in [2.45, 2.75) is 4.90 Å². The summed E-state index contributed by atoms with van der Waals surface area (Å²) < 4.78 is 27.8. The van der Waals surface area contributed by atoms with Gasteiger partial charge in [-0.3, -0.25) is 4.79 Å². The molecule has 0 radical (unpaired) electrons. The summed E-state index contributed by atoms with van der Waals surface area (Å²) in [6.07, 6.45) is 0. The molecule has 1 saturated heterocycles. The van der Waals surface area contributed by atoms with E-state index in [4.69, 9.17) is 9.94 Å². The number of carbonyl (C=O) groups excluding carboxylic acids is 1. The van der Waals surface area contributed by atoms with Crippen LogP contribution in [-0.4, -0.2) is 50.7 Å². The van der Waals surface area contributed by atoms with Gasteiger partial charge in [-0.05, 0) is 6.07 Å². The van der Waals surface area contributed by atoms with Crippen molar-refractivity contribution in [2.24, 2.45) is 0 Å². The van der Waals surface area contributed by atoms with Gasteiger partial charge in [0.05, 0.1) is 23.0 Å². The number of amides is 1. The van der Waals surface area contributed by atoms with Crippen molar-refractivity contribution in [2.75, 3.05) is 26.3 Å². The number of morpholine rings is 1. The molecule has 0 unspecified atom stereocenters. The van der Waals surface area contributed by atoms with Gasteiger partial charge in [0.25, 0.3) is 15.9 Å². The van der Waals surface area contributed by atoms with Gasteiger partial charge in [-0.2, -0.15) is 0 Å². The van der Waals surface area contributed by atoms with Crippen LogP contribution in [0.25, 0.3) is 0 Å². The average molecular weight is 292 g/mol.